The summed E-state index contributed by atoms with van der Waals surface area (Å²) in [5, 5.41) is 2.85. The molecule has 35 heavy (non-hydrogen) atoms. The second-order valence-corrected chi connectivity index (χ2v) is 10.2. The fourth-order valence-electron chi connectivity index (χ4n) is 3.61. The van der Waals surface area contributed by atoms with Gasteiger partial charge in [-0.25, -0.2) is 8.42 Å². The van der Waals surface area contributed by atoms with Gasteiger partial charge in [0.2, 0.25) is 15.9 Å². The van der Waals surface area contributed by atoms with E-state index in [2.05, 4.69) is 10.0 Å². The van der Waals surface area contributed by atoms with Crippen LogP contribution >= 0.6 is 0 Å². The summed E-state index contributed by atoms with van der Waals surface area (Å²) in [5.74, 6) is 0.640. The maximum Gasteiger partial charge on any atom is 0.245 e. The lowest BCUT2D eigenvalue weighted by Crippen LogP contribution is -2.47. The predicted octanol–water partition coefficient (Wildman–Crippen LogP) is 4.03. The Morgan fingerprint density at radius 2 is 1.57 bits per heavy atom. The summed E-state index contributed by atoms with van der Waals surface area (Å²) in [6.45, 7) is 4.22. The number of benzene rings is 3. The Labute approximate surface area is 207 Å². The van der Waals surface area contributed by atoms with E-state index in [-0.39, 0.29) is 29.5 Å². The van der Waals surface area contributed by atoms with E-state index < -0.39 is 22.0 Å². The lowest BCUT2D eigenvalue weighted by Gasteiger charge is -2.20. The normalized spacial score (nSPS) is 12.3. The Bertz CT molecular complexity index is 1230. The number of hydrogen-bond acceptors (Lipinski definition) is 5. The average Bonchev–Trinajstić information content (AvgIpc) is 2.87. The fourth-order valence-corrected chi connectivity index (χ4v) is 5.01. The highest BCUT2D eigenvalue weighted by Gasteiger charge is 2.28. The van der Waals surface area contributed by atoms with E-state index >= 15 is 0 Å². The van der Waals surface area contributed by atoms with Crippen LogP contribution in [0.2, 0.25) is 0 Å². The van der Waals surface area contributed by atoms with Crippen molar-refractivity contribution >= 4 is 15.9 Å². The molecule has 0 saturated carbocycles. The van der Waals surface area contributed by atoms with Crippen molar-refractivity contribution in [3.63, 3.8) is 0 Å². The molecule has 1 unspecified atom stereocenters. The first-order valence-corrected chi connectivity index (χ1v) is 12.9. The molecular weight excluding hydrogens is 464 g/mol. The number of carbonyl (C=O) groups excluding carboxylic acids is 1. The summed E-state index contributed by atoms with van der Waals surface area (Å²) in [6, 6.07) is 20.6. The standard InChI is InChI=1S/C27H32N2O5S/c1-19(2)22-12-15-25(34-4)26(17-22)35(31,32)29-24(16-20-8-6-5-7-9-20)27(30)28-18-21-10-13-23(33-3)14-11-21/h5-15,17,19,24,29H,16,18H2,1-4H3,(H,28,30). The van der Waals surface area contributed by atoms with E-state index in [1.165, 1.54) is 7.11 Å². The van der Waals surface area contributed by atoms with E-state index in [9.17, 15) is 13.2 Å². The topological polar surface area (TPSA) is 93.7 Å². The molecule has 0 bridgehead atoms. The van der Waals surface area contributed by atoms with Gasteiger partial charge in [0.05, 0.1) is 14.2 Å². The third kappa shape index (κ3) is 7.07. The van der Waals surface area contributed by atoms with Crippen molar-refractivity contribution < 1.29 is 22.7 Å². The van der Waals surface area contributed by atoms with Crippen molar-refractivity contribution in [3.8, 4) is 11.5 Å². The predicted molar refractivity (Wildman–Crippen MR) is 136 cm³/mol. The number of hydrogen-bond donors (Lipinski definition) is 2. The zero-order valence-electron chi connectivity index (χ0n) is 20.4. The van der Waals surface area contributed by atoms with E-state index in [1.807, 2.05) is 62.4 Å². The van der Waals surface area contributed by atoms with Crippen LogP contribution in [0, 0.1) is 0 Å². The Balaban J connectivity index is 1.86. The summed E-state index contributed by atoms with van der Waals surface area (Å²) in [4.78, 5) is 13.2. The summed E-state index contributed by atoms with van der Waals surface area (Å²) in [5.41, 5.74) is 2.56. The zero-order valence-corrected chi connectivity index (χ0v) is 21.3. The lowest BCUT2D eigenvalue weighted by atomic mass is 10.0. The number of amides is 1. The van der Waals surface area contributed by atoms with Gasteiger partial charge in [-0.3, -0.25) is 4.79 Å². The molecule has 0 aliphatic carbocycles. The van der Waals surface area contributed by atoms with Gasteiger partial charge in [-0.1, -0.05) is 62.4 Å². The monoisotopic (exact) mass is 496 g/mol. The first kappa shape index (κ1) is 26.2. The van der Waals surface area contributed by atoms with Gasteiger partial charge in [0.1, 0.15) is 22.4 Å². The second kappa shape index (κ2) is 11.9. The number of methoxy groups -OCH3 is 2. The molecule has 3 aromatic rings. The summed E-state index contributed by atoms with van der Waals surface area (Å²) in [7, 11) is -1.06. The Morgan fingerprint density at radius 3 is 2.17 bits per heavy atom. The first-order valence-electron chi connectivity index (χ1n) is 11.4. The molecule has 186 valence electrons. The average molecular weight is 497 g/mol. The SMILES string of the molecule is COc1ccc(CNC(=O)C(Cc2ccccc2)NS(=O)(=O)c2cc(C(C)C)ccc2OC)cc1. The minimum absolute atomic E-state index is 0.00668. The first-order chi connectivity index (χ1) is 16.7. The third-order valence-electron chi connectivity index (χ3n) is 5.67. The molecular formula is C27H32N2O5S. The smallest absolute Gasteiger partial charge is 0.245 e. The van der Waals surface area contributed by atoms with Crippen LogP contribution < -0.4 is 19.5 Å². The number of ether oxygens (including phenoxy) is 2. The number of rotatable bonds is 11. The number of sulfonamides is 1. The molecule has 3 rings (SSSR count). The van der Waals surface area contributed by atoms with Crippen molar-refractivity contribution in [1.29, 1.82) is 0 Å². The molecule has 8 heteroatoms. The maximum atomic E-state index is 13.5. The summed E-state index contributed by atoms with van der Waals surface area (Å²) in [6.07, 6.45) is 0.195. The Kier molecular flexibility index (Phi) is 8.89. The van der Waals surface area contributed by atoms with Gasteiger partial charge >= 0.3 is 0 Å². The van der Waals surface area contributed by atoms with Crippen LogP contribution in [-0.4, -0.2) is 34.6 Å². The molecule has 0 heterocycles. The quantitative estimate of drug-likeness (QED) is 0.418. The molecule has 0 aliphatic rings. The van der Waals surface area contributed by atoms with Crippen LogP contribution in [0.25, 0.3) is 0 Å². The maximum absolute atomic E-state index is 13.5. The van der Waals surface area contributed by atoms with Gasteiger partial charge in [0.25, 0.3) is 0 Å². The number of nitrogens with one attached hydrogen (secondary N) is 2. The van der Waals surface area contributed by atoms with Crippen molar-refractivity contribution in [2.45, 2.75) is 43.7 Å². The molecule has 0 aromatic heterocycles. The number of carbonyl (C=O) groups is 1. The second-order valence-electron chi connectivity index (χ2n) is 8.49. The van der Waals surface area contributed by atoms with Crippen LogP contribution in [0.4, 0.5) is 0 Å². The van der Waals surface area contributed by atoms with E-state index in [4.69, 9.17) is 9.47 Å². The zero-order chi connectivity index (χ0) is 25.4. The highest BCUT2D eigenvalue weighted by molar-refractivity contribution is 7.89. The van der Waals surface area contributed by atoms with Crippen molar-refractivity contribution in [2.24, 2.45) is 0 Å². The van der Waals surface area contributed by atoms with Crippen molar-refractivity contribution in [3.05, 3.63) is 89.5 Å². The van der Waals surface area contributed by atoms with Gasteiger partial charge in [0, 0.05) is 6.54 Å². The van der Waals surface area contributed by atoms with Gasteiger partial charge in [-0.05, 0) is 53.3 Å². The highest BCUT2D eigenvalue weighted by Crippen LogP contribution is 2.28. The largest absolute Gasteiger partial charge is 0.497 e. The van der Waals surface area contributed by atoms with E-state index in [1.54, 1.807) is 31.4 Å². The van der Waals surface area contributed by atoms with Gasteiger partial charge in [-0.15, -0.1) is 0 Å². The molecule has 1 amide bonds. The minimum atomic E-state index is -4.07. The van der Waals surface area contributed by atoms with Crippen LogP contribution in [0.3, 0.4) is 0 Å². The minimum Gasteiger partial charge on any atom is -0.497 e. The molecule has 3 aromatic carbocycles. The molecule has 2 N–H and O–H groups in total. The van der Waals surface area contributed by atoms with Gasteiger partial charge in [0.15, 0.2) is 0 Å². The van der Waals surface area contributed by atoms with Crippen molar-refractivity contribution in [1.82, 2.24) is 10.0 Å². The molecule has 0 spiro atoms. The van der Waals surface area contributed by atoms with Crippen LogP contribution in [0.1, 0.15) is 36.5 Å². The van der Waals surface area contributed by atoms with Crippen LogP contribution in [0.15, 0.2) is 77.7 Å². The van der Waals surface area contributed by atoms with Gasteiger partial charge in [-0.2, -0.15) is 4.72 Å². The molecule has 0 fully saturated rings. The van der Waals surface area contributed by atoms with E-state index in [0.29, 0.717) is 5.75 Å². The van der Waals surface area contributed by atoms with Crippen molar-refractivity contribution in [2.75, 3.05) is 14.2 Å². The van der Waals surface area contributed by atoms with Gasteiger partial charge < -0.3 is 14.8 Å². The Morgan fingerprint density at radius 1 is 0.886 bits per heavy atom. The van der Waals surface area contributed by atoms with Crippen LogP contribution in [0.5, 0.6) is 11.5 Å². The highest BCUT2D eigenvalue weighted by atomic mass is 32.2. The Hall–Kier alpha value is -3.36. The summed E-state index contributed by atoms with van der Waals surface area (Å²) >= 11 is 0. The molecule has 0 aliphatic heterocycles. The molecule has 7 nitrogen and oxygen atoms in total. The lowest BCUT2D eigenvalue weighted by molar-refractivity contribution is -0.122. The molecule has 0 radical (unpaired) electrons. The van der Waals surface area contributed by atoms with E-state index in [0.717, 1.165) is 16.7 Å². The van der Waals surface area contributed by atoms with Crippen LogP contribution in [-0.2, 0) is 27.8 Å². The molecule has 0 saturated heterocycles. The summed E-state index contributed by atoms with van der Waals surface area (Å²) < 4.78 is 40.0. The fraction of sp³-hybridized carbons (Fsp3) is 0.296. The molecule has 1 atom stereocenters. The third-order valence-corrected chi connectivity index (χ3v) is 7.16.